The molecule has 0 saturated carbocycles. The molecule has 1 aromatic carbocycles. The quantitative estimate of drug-likeness (QED) is 0.256. The van der Waals surface area contributed by atoms with E-state index >= 15 is 0 Å². The van der Waals surface area contributed by atoms with Gasteiger partial charge in [0.1, 0.15) is 11.6 Å². The van der Waals surface area contributed by atoms with Crippen molar-refractivity contribution in [2.45, 2.75) is 13.8 Å². The Kier molecular flexibility index (Phi) is 8.96. The van der Waals surface area contributed by atoms with Gasteiger partial charge < -0.3 is 21.3 Å². The second-order valence-corrected chi connectivity index (χ2v) is 8.19. The smallest absolute Gasteiger partial charge is 0.244 e. The standard InChI is InChI=1S/C24H28N6O2S/c1-17-22(27-14-12-25-18(2)31)29-24(19-7-4-3-5-8-19)30-23(17)28-15-13-26-21(32)11-10-20-9-6-16-33-20/h3-11,16H,12-15H2,1-2H3,(H,25,31)(H,26,32)(H2,27,28,29,30)/b11-10+. The van der Waals surface area contributed by atoms with E-state index in [1.54, 1.807) is 17.4 Å². The van der Waals surface area contributed by atoms with Crippen molar-refractivity contribution in [2.24, 2.45) is 0 Å². The van der Waals surface area contributed by atoms with Crippen LogP contribution in [0.25, 0.3) is 17.5 Å². The van der Waals surface area contributed by atoms with Crippen LogP contribution in [0, 0.1) is 6.92 Å². The van der Waals surface area contributed by atoms with Crippen LogP contribution in [0.5, 0.6) is 0 Å². The molecule has 0 saturated heterocycles. The summed E-state index contributed by atoms with van der Waals surface area (Å²) in [7, 11) is 0. The van der Waals surface area contributed by atoms with Crippen LogP contribution in [0.3, 0.4) is 0 Å². The molecular formula is C24H28N6O2S. The molecule has 0 aliphatic rings. The number of nitrogens with zero attached hydrogens (tertiary/aromatic N) is 2. The minimum Gasteiger partial charge on any atom is -0.368 e. The van der Waals surface area contributed by atoms with Gasteiger partial charge in [-0.3, -0.25) is 9.59 Å². The highest BCUT2D eigenvalue weighted by molar-refractivity contribution is 7.10. The SMILES string of the molecule is CC(=O)NCCNc1nc(-c2ccccc2)nc(NCCNC(=O)/C=C/c2cccs2)c1C. The highest BCUT2D eigenvalue weighted by Gasteiger charge is 2.12. The summed E-state index contributed by atoms with van der Waals surface area (Å²) in [5, 5.41) is 14.2. The molecule has 0 bridgehead atoms. The lowest BCUT2D eigenvalue weighted by Gasteiger charge is -2.15. The maximum Gasteiger partial charge on any atom is 0.244 e. The molecule has 33 heavy (non-hydrogen) atoms. The number of anilines is 2. The number of hydrogen-bond donors (Lipinski definition) is 4. The van der Waals surface area contributed by atoms with E-state index in [1.165, 1.54) is 13.0 Å². The zero-order valence-corrected chi connectivity index (χ0v) is 19.5. The molecule has 0 unspecified atom stereocenters. The molecule has 0 atom stereocenters. The molecule has 0 fully saturated rings. The maximum absolute atomic E-state index is 12.0. The Morgan fingerprint density at radius 1 is 0.909 bits per heavy atom. The Balaban J connectivity index is 1.63. The van der Waals surface area contributed by atoms with Gasteiger partial charge >= 0.3 is 0 Å². The molecule has 2 heterocycles. The van der Waals surface area contributed by atoms with Gasteiger partial charge in [-0.05, 0) is 24.4 Å². The normalized spacial score (nSPS) is 10.7. The molecule has 3 rings (SSSR count). The van der Waals surface area contributed by atoms with Crippen LogP contribution in [0.15, 0.2) is 53.9 Å². The van der Waals surface area contributed by atoms with E-state index in [0.29, 0.717) is 43.6 Å². The van der Waals surface area contributed by atoms with Crippen LogP contribution in [0.2, 0.25) is 0 Å². The highest BCUT2D eigenvalue weighted by Crippen LogP contribution is 2.24. The average molecular weight is 465 g/mol. The van der Waals surface area contributed by atoms with Crippen molar-refractivity contribution >= 4 is 40.9 Å². The Hall–Kier alpha value is -3.72. The zero-order valence-electron chi connectivity index (χ0n) is 18.7. The Morgan fingerprint density at radius 2 is 1.58 bits per heavy atom. The van der Waals surface area contributed by atoms with Gasteiger partial charge in [0.2, 0.25) is 11.8 Å². The topological polar surface area (TPSA) is 108 Å². The fourth-order valence-corrected chi connectivity index (χ4v) is 3.58. The van der Waals surface area contributed by atoms with Crippen molar-refractivity contribution in [1.29, 1.82) is 0 Å². The maximum atomic E-state index is 12.0. The molecular weight excluding hydrogens is 436 g/mol. The Labute approximate surface area is 197 Å². The molecule has 0 aliphatic heterocycles. The van der Waals surface area contributed by atoms with Gasteiger partial charge in [0.25, 0.3) is 0 Å². The van der Waals surface area contributed by atoms with Crippen LogP contribution in [0.4, 0.5) is 11.6 Å². The van der Waals surface area contributed by atoms with Crippen molar-refractivity contribution < 1.29 is 9.59 Å². The summed E-state index contributed by atoms with van der Waals surface area (Å²) in [6.07, 6.45) is 3.33. The summed E-state index contributed by atoms with van der Waals surface area (Å²) in [5.74, 6) is 1.76. The number of rotatable bonds is 11. The molecule has 2 aromatic heterocycles. The first kappa shape index (κ1) is 23.9. The molecule has 0 radical (unpaired) electrons. The summed E-state index contributed by atoms with van der Waals surface area (Å²) in [6, 6.07) is 13.6. The van der Waals surface area contributed by atoms with Crippen molar-refractivity contribution in [1.82, 2.24) is 20.6 Å². The first-order chi connectivity index (χ1) is 16.0. The number of carbonyl (C=O) groups excluding carboxylic acids is 2. The summed E-state index contributed by atoms with van der Waals surface area (Å²) in [4.78, 5) is 33.5. The van der Waals surface area contributed by atoms with Crippen molar-refractivity contribution in [2.75, 3.05) is 36.8 Å². The first-order valence-electron chi connectivity index (χ1n) is 10.7. The predicted molar refractivity (Wildman–Crippen MR) is 134 cm³/mol. The van der Waals surface area contributed by atoms with Gasteiger partial charge in [-0.15, -0.1) is 11.3 Å². The van der Waals surface area contributed by atoms with Gasteiger partial charge in [-0.25, -0.2) is 9.97 Å². The van der Waals surface area contributed by atoms with Crippen LogP contribution in [-0.2, 0) is 9.59 Å². The van der Waals surface area contributed by atoms with Crippen LogP contribution in [0.1, 0.15) is 17.4 Å². The van der Waals surface area contributed by atoms with Crippen LogP contribution in [-0.4, -0.2) is 48.0 Å². The van der Waals surface area contributed by atoms with Gasteiger partial charge in [0.15, 0.2) is 5.82 Å². The Morgan fingerprint density at radius 3 is 2.18 bits per heavy atom. The third kappa shape index (κ3) is 7.73. The zero-order chi connectivity index (χ0) is 23.5. The number of carbonyl (C=O) groups is 2. The van der Waals surface area contributed by atoms with E-state index in [0.717, 1.165) is 16.0 Å². The fourth-order valence-electron chi connectivity index (χ4n) is 2.97. The van der Waals surface area contributed by atoms with E-state index in [1.807, 2.05) is 54.8 Å². The van der Waals surface area contributed by atoms with Crippen molar-refractivity contribution in [3.05, 3.63) is 64.4 Å². The van der Waals surface area contributed by atoms with E-state index < -0.39 is 0 Å². The number of benzene rings is 1. The molecule has 8 nitrogen and oxygen atoms in total. The van der Waals surface area contributed by atoms with Gasteiger partial charge in [-0.1, -0.05) is 36.4 Å². The number of amides is 2. The minimum absolute atomic E-state index is 0.0733. The van der Waals surface area contributed by atoms with Crippen molar-refractivity contribution in [3.8, 4) is 11.4 Å². The van der Waals surface area contributed by atoms with E-state index in [-0.39, 0.29) is 11.8 Å². The number of hydrogen-bond acceptors (Lipinski definition) is 7. The van der Waals surface area contributed by atoms with E-state index in [4.69, 9.17) is 0 Å². The molecule has 3 aromatic rings. The number of thiophene rings is 1. The first-order valence-corrected chi connectivity index (χ1v) is 11.6. The summed E-state index contributed by atoms with van der Waals surface area (Å²) >= 11 is 1.58. The molecule has 9 heteroatoms. The van der Waals surface area contributed by atoms with Gasteiger partial charge in [-0.2, -0.15) is 0 Å². The summed E-state index contributed by atoms with van der Waals surface area (Å²) < 4.78 is 0. The summed E-state index contributed by atoms with van der Waals surface area (Å²) in [6.45, 7) is 5.41. The van der Waals surface area contributed by atoms with E-state index in [2.05, 4.69) is 31.2 Å². The van der Waals surface area contributed by atoms with E-state index in [9.17, 15) is 9.59 Å². The fraction of sp³-hybridized carbons (Fsp3) is 0.250. The molecule has 0 aliphatic carbocycles. The third-order valence-corrected chi connectivity index (χ3v) is 5.47. The minimum atomic E-state index is -0.144. The largest absolute Gasteiger partial charge is 0.368 e. The molecule has 0 spiro atoms. The molecule has 172 valence electrons. The monoisotopic (exact) mass is 464 g/mol. The van der Waals surface area contributed by atoms with Gasteiger partial charge in [0, 0.05) is 55.2 Å². The molecule has 2 amide bonds. The number of nitrogens with one attached hydrogen (secondary N) is 4. The predicted octanol–water partition coefficient (Wildman–Crippen LogP) is 3.30. The molecule has 4 N–H and O–H groups in total. The lowest BCUT2D eigenvalue weighted by molar-refractivity contribution is -0.119. The van der Waals surface area contributed by atoms with Gasteiger partial charge in [0.05, 0.1) is 0 Å². The Bertz CT molecular complexity index is 1080. The second kappa shape index (κ2) is 12.4. The van der Waals surface area contributed by atoms with Crippen LogP contribution < -0.4 is 21.3 Å². The van der Waals surface area contributed by atoms with Crippen LogP contribution >= 0.6 is 11.3 Å². The second-order valence-electron chi connectivity index (χ2n) is 7.21. The number of aromatic nitrogens is 2. The summed E-state index contributed by atoms with van der Waals surface area (Å²) in [5.41, 5.74) is 1.76. The highest BCUT2D eigenvalue weighted by atomic mass is 32.1. The lowest BCUT2D eigenvalue weighted by atomic mass is 10.2. The average Bonchev–Trinajstić information content (AvgIpc) is 3.34. The van der Waals surface area contributed by atoms with Crippen molar-refractivity contribution in [3.63, 3.8) is 0 Å². The lowest BCUT2D eigenvalue weighted by Crippen LogP contribution is -2.28. The third-order valence-electron chi connectivity index (χ3n) is 4.63.